The number of hydrogen-bond acceptors (Lipinski definition) is 4. The topological polar surface area (TPSA) is 56.5 Å². The van der Waals surface area contributed by atoms with Gasteiger partial charge in [0.05, 0.1) is 6.20 Å². The van der Waals surface area contributed by atoms with Crippen LogP contribution < -0.4 is 0 Å². The summed E-state index contributed by atoms with van der Waals surface area (Å²) in [7, 11) is 1.81. The molecule has 1 aromatic carbocycles. The van der Waals surface area contributed by atoms with Gasteiger partial charge in [-0.1, -0.05) is 18.2 Å². The summed E-state index contributed by atoms with van der Waals surface area (Å²) in [5.74, 6) is -0.108. The first-order valence-corrected chi connectivity index (χ1v) is 5.79. The van der Waals surface area contributed by atoms with Crippen LogP contribution in [-0.4, -0.2) is 21.6 Å². The molecular formula is C14H11N3O2. The van der Waals surface area contributed by atoms with Crippen molar-refractivity contribution < 1.29 is 9.53 Å². The minimum Gasteiger partial charge on any atom is -0.402 e. The maximum atomic E-state index is 11.7. The van der Waals surface area contributed by atoms with Gasteiger partial charge in [-0.3, -0.25) is 4.68 Å². The van der Waals surface area contributed by atoms with E-state index in [1.54, 1.807) is 23.2 Å². The number of aryl methyl sites for hydroxylation is 1. The van der Waals surface area contributed by atoms with Gasteiger partial charge in [0.1, 0.15) is 0 Å². The fraction of sp³-hybridized carbons (Fsp3) is 0.0714. The van der Waals surface area contributed by atoms with E-state index in [9.17, 15) is 4.79 Å². The van der Waals surface area contributed by atoms with E-state index in [2.05, 4.69) is 10.1 Å². The van der Waals surface area contributed by atoms with Crippen LogP contribution in [0.2, 0.25) is 0 Å². The molecule has 1 aliphatic heterocycles. The van der Waals surface area contributed by atoms with E-state index in [0.29, 0.717) is 5.90 Å². The molecule has 3 rings (SSSR count). The molecule has 0 spiro atoms. The van der Waals surface area contributed by atoms with Crippen molar-refractivity contribution in [2.75, 3.05) is 0 Å². The van der Waals surface area contributed by atoms with Gasteiger partial charge in [0.15, 0.2) is 5.70 Å². The molecule has 2 heterocycles. The number of rotatable bonds is 2. The van der Waals surface area contributed by atoms with Gasteiger partial charge < -0.3 is 4.74 Å². The number of benzene rings is 1. The standard InChI is InChI=1S/C14H11N3O2/c1-17-9-10(8-15-17)7-12-14(18)19-13(16-12)11-5-3-2-4-6-11/h2-9H,1H3/b12-7-. The Morgan fingerprint density at radius 3 is 2.74 bits per heavy atom. The molecule has 1 aliphatic rings. The van der Waals surface area contributed by atoms with Crippen molar-refractivity contribution >= 4 is 17.9 Å². The zero-order valence-electron chi connectivity index (χ0n) is 10.3. The molecule has 0 saturated heterocycles. The second kappa shape index (κ2) is 4.53. The highest BCUT2D eigenvalue weighted by Crippen LogP contribution is 2.18. The summed E-state index contributed by atoms with van der Waals surface area (Å²) in [6.07, 6.45) is 5.12. The molecule has 0 radical (unpaired) electrons. The summed E-state index contributed by atoms with van der Waals surface area (Å²) in [5, 5.41) is 4.03. The number of carbonyl (C=O) groups is 1. The molecule has 19 heavy (non-hydrogen) atoms. The molecule has 0 fully saturated rings. The lowest BCUT2D eigenvalue weighted by Gasteiger charge is -1.97. The molecule has 0 N–H and O–H groups in total. The van der Waals surface area contributed by atoms with E-state index in [0.717, 1.165) is 11.1 Å². The molecule has 5 nitrogen and oxygen atoms in total. The monoisotopic (exact) mass is 253 g/mol. The Labute approximate surface area is 109 Å². The Bertz CT molecular complexity index is 684. The fourth-order valence-corrected chi connectivity index (χ4v) is 1.79. The van der Waals surface area contributed by atoms with Gasteiger partial charge in [-0.25, -0.2) is 9.79 Å². The predicted octanol–water partition coefficient (Wildman–Crippen LogP) is 1.76. The smallest absolute Gasteiger partial charge is 0.363 e. The maximum absolute atomic E-state index is 11.7. The van der Waals surface area contributed by atoms with Gasteiger partial charge in [-0.05, 0) is 18.2 Å². The number of esters is 1. The highest BCUT2D eigenvalue weighted by molar-refractivity contribution is 6.12. The van der Waals surface area contributed by atoms with E-state index < -0.39 is 5.97 Å². The van der Waals surface area contributed by atoms with E-state index in [1.807, 2.05) is 37.4 Å². The van der Waals surface area contributed by atoms with Crippen LogP contribution >= 0.6 is 0 Å². The van der Waals surface area contributed by atoms with Crippen LogP contribution in [0.5, 0.6) is 0 Å². The van der Waals surface area contributed by atoms with Gasteiger partial charge in [0.2, 0.25) is 5.90 Å². The van der Waals surface area contributed by atoms with E-state index in [4.69, 9.17) is 4.74 Å². The van der Waals surface area contributed by atoms with Crippen molar-refractivity contribution in [3.8, 4) is 0 Å². The molecule has 0 aliphatic carbocycles. The average molecular weight is 253 g/mol. The lowest BCUT2D eigenvalue weighted by Crippen LogP contribution is -2.04. The zero-order chi connectivity index (χ0) is 13.2. The van der Waals surface area contributed by atoms with E-state index in [1.165, 1.54) is 0 Å². The van der Waals surface area contributed by atoms with Crippen LogP contribution in [0.1, 0.15) is 11.1 Å². The molecule has 5 heteroatoms. The van der Waals surface area contributed by atoms with Crippen LogP contribution in [0.3, 0.4) is 0 Å². The Morgan fingerprint density at radius 1 is 1.26 bits per heavy atom. The number of cyclic esters (lactones) is 1. The predicted molar refractivity (Wildman–Crippen MR) is 70.3 cm³/mol. The van der Waals surface area contributed by atoms with Gasteiger partial charge in [0, 0.05) is 24.4 Å². The summed E-state index contributed by atoms with van der Waals surface area (Å²) in [6.45, 7) is 0. The number of ether oxygens (including phenoxy) is 1. The lowest BCUT2D eigenvalue weighted by molar-refractivity contribution is -0.129. The minimum atomic E-state index is -0.442. The highest BCUT2D eigenvalue weighted by Gasteiger charge is 2.23. The van der Waals surface area contributed by atoms with Crippen molar-refractivity contribution in [2.45, 2.75) is 0 Å². The molecule has 94 valence electrons. The Hall–Kier alpha value is -2.69. The van der Waals surface area contributed by atoms with E-state index >= 15 is 0 Å². The normalized spacial score (nSPS) is 16.6. The SMILES string of the molecule is Cn1cc(/C=C2\N=C(c3ccccc3)OC2=O)cn1. The number of carbonyl (C=O) groups excluding carboxylic acids is 1. The molecule has 0 unspecified atom stereocenters. The summed E-state index contributed by atoms with van der Waals surface area (Å²) >= 11 is 0. The fourth-order valence-electron chi connectivity index (χ4n) is 1.79. The number of aromatic nitrogens is 2. The largest absolute Gasteiger partial charge is 0.402 e. The lowest BCUT2D eigenvalue weighted by atomic mass is 10.2. The highest BCUT2D eigenvalue weighted by atomic mass is 16.6. The van der Waals surface area contributed by atoms with Crippen LogP contribution in [0.25, 0.3) is 6.08 Å². The summed E-state index contributed by atoms with van der Waals surface area (Å²) in [6, 6.07) is 9.33. The van der Waals surface area contributed by atoms with Crippen molar-refractivity contribution in [2.24, 2.45) is 12.0 Å². The van der Waals surface area contributed by atoms with Crippen LogP contribution in [0.4, 0.5) is 0 Å². The van der Waals surface area contributed by atoms with Crippen molar-refractivity contribution in [1.82, 2.24) is 9.78 Å². The third-order valence-electron chi connectivity index (χ3n) is 2.67. The number of nitrogens with zero attached hydrogens (tertiary/aromatic N) is 3. The molecule has 0 atom stereocenters. The quantitative estimate of drug-likeness (QED) is 0.605. The Kier molecular flexibility index (Phi) is 2.72. The molecule has 2 aromatic rings. The van der Waals surface area contributed by atoms with E-state index in [-0.39, 0.29) is 5.70 Å². The zero-order valence-corrected chi connectivity index (χ0v) is 10.3. The molecule has 1 aromatic heterocycles. The summed E-state index contributed by atoms with van der Waals surface area (Å²) in [5.41, 5.74) is 1.88. The number of hydrogen-bond donors (Lipinski definition) is 0. The summed E-state index contributed by atoms with van der Waals surface area (Å²) < 4.78 is 6.82. The van der Waals surface area contributed by atoms with Gasteiger partial charge >= 0.3 is 5.97 Å². The van der Waals surface area contributed by atoms with Crippen molar-refractivity contribution in [1.29, 1.82) is 0 Å². The molecule has 0 amide bonds. The third kappa shape index (κ3) is 2.30. The Morgan fingerprint density at radius 2 is 2.05 bits per heavy atom. The van der Waals surface area contributed by atoms with Gasteiger partial charge in [-0.2, -0.15) is 5.10 Å². The maximum Gasteiger partial charge on any atom is 0.363 e. The third-order valence-corrected chi connectivity index (χ3v) is 2.67. The van der Waals surface area contributed by atoms with Crippen molar-refractivity contribution in [3.05, 3.63) is 59.5 Å². The molecule has 0 bridgehead atoms. The summed E-state index contributed by atoms with van der Waals surface area (Å²) in [4.78, 5) is 15.9. The second-order valence-corrected chi connectivity index (χ2v) is 4.15. The first-order valence-electron chi connectivity index (χ1n) is 5.79. The number of aliphatic imine (C=N–C) groups is 1. The van der Waals surface area contributed by atoms with Gasteiger partial charge in [0.25, 0.3) is 0 Å². The average Bonchev–Trinajstić information content (AvgIpc) is 2.98. The Balaban J connectivity index is 1.94. The van der Waals surface area contributed by atoms with Crippen LogP contribution in [0, 0.1) is 0 Å². The van der Waals surface area contributed by atoms with Crippen molar-refractivity contribution in [3.63, 3.8) is 0 Å². The molecule has 0 saturated carbocycles. The first kappa shape index (κ1) is 11.4. The van der Waals surface area contributed by atoms with Crippen LogP contribution in [0.15, 0.2) is 53.4 Å². The first-order chi connectivity index (χ1) is 9.22. The van der Waals surface area contributed by atoms with Crippen LogP contribution in [-0.2, 0) is 16.6 Å². The second-order valence-electron chi connectivity index (χ2n) is 4.15. The molecular weight excluding hydrogens is 242 g/mol. The minimum absolute atomic E-state index is 0.284. The van der Waals surface area contributed by atoms with Gasteiger partial charge in [-0.15, -0.1) is 0 Å².